The molecule has 0 radical (unpaired) electrons. The largest absolute Gasteiger partial charge is 0.497 e. The lowest BCUT2D eigenvalue weighted by Gasteiger charge is -2.13. The highest BCUT2D eigenvalue weighted by Gasteiger charge is 2.24. The van der Waals surface area contributed by atoms with Crippen molar-refractivity contribution in [1.29, 1.82) is 0 Å². The molecule has 32 heavy (non-hydrogen) atoms. The Morgan fingerprint density at radius 3 is 1.88 bits per heavy atom. The molecule has 0 spiro atoms. The van der Waals surface area contributed by atoms with Crippen molar-refractivity contribution >= 4 is 11.5 Å². The number of nitrogen functional groups attached to an aromatic ring is 1. The molecule has 0 saturated carbocycles. The van der Waals surface area contributed by atoms with Crippen LogP contribution in [0, 0.1) is 0 Å². The molecule has 0 aliphatic carbocycles. The first-order valence-corrected chi connectivity index (χ1v) is 10.2. The maximum atomic E-state index is 6.50. The van der Waals surface area contributed by atoms with Crippen LogP contribution in [0.25, 0.3) is 39.2 Å². The van der Waals surface area contributed by atoms with Gasteiger partial charge in [0.25, 0.3) is 0 Å². The van der Waals surface area contributed by atoms with E-state index in [4.69, 9.17) is 25.3 Å². The zero-order chi connectivity index (χ0) is 22.1. The molecule has 2 N–H and O–H groups in total. The molecule has 6 nitrogen and oxygen atoms in total. The number of fused-ring (bicyclic) bond motifs is 1. The molecule has 0 unspecified atom stereocenters. The molecule has 0 aliphatic heterocycles. The van der Waals surface area contributed by atoms with E-state index in [2.05, 4.69) is 0 Å². The second-order valence-electron chi connectivity index (χ2n) is 7.30. The zero-order valence-corrected chi connectivity index (χ0v) is 17.8. The van der Waals surface area contributed by atoms with Gasteiger partial charge >= 0.3 is 0 Å². The third-order valence-corrected chi connectivity index (χ3v) is 5.43. The summed E-state index contributed by atoms with van der Waals surface area (Å²) in [5.41, 5.74) is 12.4. The summed E-state index contributed by atoms with van der Waals surface area (Å²) in [4.78, 5) is 4.79. The van der Waals surface area contributed by atoms with Gasteiger partial charge in [0.15, 0.2) is 5.65 Å². The third kappa shape index (κ3) is 3.22. The van der Waals surface area contributed by atoms with E-state index in [1.54, 1.807) is 18.7 Å². The van der Waals surface area contributed by atoms with Gasteiger partial charge in [0.05, 0.1) is 25.3 Å². The van der Waals surface area contributed by atoms with Crippen molar-refractivity contribution in [1.82, 2.24) is 14.6 Å². The average molecular weight is 422 g/mol. The van der Waals surface area contributed by atoms with E-state index in [1.165, 1.54) is 0 Å². The summed E-state index contributed by atoms with van der Waals surface area (Å²) in [5, 5.41) is 4.94. The van der Waals surface area contributed by atoms with Gasteiger partial charge in [-0.15, -0.1) is 0 Å². The molecule has 2 heterocycles. The SMILES string of the molecule is COc1ccc(-c2c(N)nc3c(-c4ccccc4)c(-c4ccccc4)nn3c2OC)cc1. The fourth-order valence-corrected chi connectivity index (χ4v) is 3.93. The Morgan fingerprint density at radius 2 is 1.28 bits per heavy atom. The molecule has 5 aromatic rings. The summed E-state index contributed by atoms with van der Waals surface area (Å²) in [6.07, 6.45) is 0. The number of rotatable bonds is 5. The summed E-state index contributed by atoms with van der Waals surface area (Å²) in [5.74, 6) is 1.66. The standard InChI is InChI=1S/C26H22N4O2/c1-31-20-15-13-18(14-16-20)22-24(27)28-25-21(17-9-5-3-6-10-17)23(19-11-7-4-8-12-19)29-30(25)26(22)32-2/h3-16H,1-2H3,(H2,27,28). The van der Waals surface area contributed by atoms with Crippen molar-refractivity contribution in [3.8, 4) is 45.1 Å². The fourth-order valence-electron chi connectivity index (χ4n) is 3.93. The van der Waals surface area contributed by atoms with Gasteiger partial charge in [-0.05, 0) is 23.3 Å². The molecule has 0 fully saturated rings. The molecule has 2 aromatic heterocycles. The lowest BCUT2D eigenvalue weighted by atomic mass is 10.0. The highest BCUT2D eigenvalue weighted by Crippen LogP contribution is 2.41. The summed E-state index contributed by atoms with van der Waals surface area (Å²) < 4.78 is 12.9. The lowest BCUT2D eigenvalue weighted by molar-refractivity contribution is 0.387. The van der Waals surface area contributed by atoms with Crippen LogP contribution in [-0.4, -0.2) is 28.8 Å². The van der Waals surface area contributed by atoms with Gasteiger partial charge in [0, 0.05) is 5.56 Å². The van der Waals surface area contributed by atoms with E-state index in [0.717, 1.165) is 33.7 Å². The van der Waals surface area contributed by atoms with Crippen LogP contribution >= 0.6 is 0 Å². The maximum Gasteiger partial charge on any atom is 0.228 e. The highest BCUT2D eigenvalue weighted by atomic mass is 16.5. The van der Waals surface area contributed by atoms with Gasteiger partial charge in [-0.2, -0.15) is 9.61 Å². The Kier molecular flexibility index (Phi) is 4.95. The first kappa shape index (κ1) is 19.6. The Labute approximate surface area is 185 Å². The summed E-state index contributed by atoms with van der Waals surface area (Å²) >= 11 is 0. The zero-order valence-electron chi connectivity index (χ0n) is 17.8. The van der Waals surface area contributed by atoms with Gasteiger partial charge in [0.2, 0.25) is 5.88 Å². The quantitative estimate of drug-likeness (QED) is 0.414. The van der Waals surface area contributed by atoms with Crippen LogP contribution in [0.2, 0.25) is 0 Å². The average Bonchev–Trinajstić information content (AvgIpc) is 3.23. The Bertz CT molecular complexity index is 1380. The van der Waals surface area contributed by atoms with E-state index >= 15 is 0 Å². The number of nitrogens with two attached hydrogens (primary N) is 1. The molecule has 3 aromatic carbocycles. The molecule has 5 rings (SSSR count). The van der Waals surface area contributed by atoms with Crippen molar-refractivity contribution in [2.45, 2.75) is 0 Å². The van der Waals surface area contributed by atoms with Crippen LogP contribution in [-0.2, 0) is 0 Å². The lowest BCUT2D eigenvalue weighted by Crippen LogP contribution is -2.05. The second kappa shape index (κ2) is 8.07. The van der Waals surface area contributed by atoms with Crippen LogP contribution in [0.3, 0.4) is 0 Å². The van der Waals surface area contributed by atoms with Crippen LogP contribution < -0.4 is 15.2 Å². The minimum absolute atomic E-state index is 0.371. The number of nitrogens with zero attached hydrogens (tertiary/aromatic N) is 3. The van der Waals surface area contributed by atoms with Crippen LogP contribution in [0.5, 0.6) is 11.6 Å². The maximum absolute atomic E-state index is 6.50. The minimum atomic E-state index is 0.371. The molecule has 158 valence electrons. The number of benzene rings is 3. The van der Waals surface area contributed by atoms with E-state index in [0.29, 0.717) is 22.9 Å². The molecule has 0 amide bonds. The smallest absolute Gasteiger partial charge is 0.228 e. The third-order valence-electron chi connectivity index (χ3n) is 5.43. The molecule has 0 atom stereocenters. The molecule has 0 saturated heterocycles. The van der Waals surface area contributed by atoms with Crippen molar-refractivity contribution in [2.75, 3.05) is 20.0 Å². The van der Waals surface area contributed by atoms with E-state index < -0.39 is 0 Å². The monoisotopic (exact) mass is 422 g/mol. The molecular formula is C26H22N4O2. The predicted octanol–water partition coefficient (Wildman–Crippen LogP) is 5.33. The van der Waals surface area contributed by atoms with Gasteiger partial charge in [0.1, 0.15) is 17.3 Å². The molecule has 0 aliphatic rings. The minimum Gasteiger partial charge on any atom is -0.497 e. The second-order valence-corrected chi connectivity index (χ2v) is 7.30. The Morgan fingerprint density at radius 1 is 0.688 bits per heavy atom. The summed E-state index contributed by atoms with van der Waals surface area (Å²) in [7, 11) is 3.25. The molecule has 0 bridgehead atoms. The van der Waals surface area contributed by atoms with E-state index in [9.17, 15) is 0 Å². The van der Waals surface area contributed by atoms with Crippen molar-refractivity contribution in [2.24, 2.45) is 0 Å². The van der Waals surface area contributed by atoms with Crippen LogP contribution in [0.1, 0.15) is 0 Å². The van der Waals surface area contributed by atoms with Crippen LogP contribution in [0.4, 0.5) is 5.82 Å². The number of anilines is 1. The summed E-state index contributed by atoms with van der Waals surface area (Å²) in [6, 6.07) is 27.8. The summed E-state index contributed by atoms with van der Waals surface area (Å²) in [6.45, 7) is 0. The molecule has 6 heteroatoms. The number of ether oxygens (including phenoxy) is 2. The topological polar surface area (TPSA) is 74.7 Å². The van der Waals surface area contributed by atoms with Gasteiger partial charge in [-0.25, -0.2) is 4.98 Å². The predicted molar refractivity (Wildman–Crippen MR) is 127 cm³/mol. The van der Waals surface area contributed by atoms with Crippen molar-refractivity contribution < 1.29 is 9.47 Å². The number of hydrogen-bond donors (Lipinski definition) is 1. The molecular weight excluding hydrogens is 400 g/mol. The Hall–Kier alpha value is -4.32. The van der Waals surface area contributed by atoms with Gasteiger partial charge < -0.3 is 15.2 Å². The van der Waals surface area contributed by atoms with E-state index in [-0.39, 0.29) is 0 Å². The van der Waals surface area contributed by atoms with Crippen LogP contribution in [0.15, 0.2) is 84.9 Å². The fraction of sp³-hybridized carbons (Fsp3) is 0.0769. The number of hydrogen-bond acceptors (Lipinski definition) is 5. The van der Waals surface area contributed by atoms with E-state index in [1.807, 2.05) is 84.9 Å². The first-order chi connectivity index (χ1) is 15.7. The van der Waals surface area contributed by atoms with Gasteiger partial charge in [-0.1, -0.05) is 72.8 Å². The highest BCUT2D eigenvalue weighted by molar-refractivity contribution is 5.93. The van der Waals surface area contributed by atoms with Crippen molar-refractivity contribution in [3.05, 3.63) is 84.9 Å². The Balaban J connectivity index is 1.84. The number of methoxy groups -OCH3 is 2. The normalized spacial score (nSPS) is 10.9. The van der Waals surface area contributed by atoms with Crippen molar-refractivity contribution in [3.63, 3.8) is 0 Å². The first-order valence-electron chi connectivity index (χ1n) is 10.2. The van der Waals surface area contributed by atoms with Gasteiger partial charge in [-0.3, -0.25) is 0 Å². The number of aromatic nitrogens is 3.